The largest absolute Gasteiger partial charge is 0.435 e. The Balaban J connectivity index is 1.63. The Labute approximate surface area is 153 Å². The molecule has 1 aromatic carbocycles. The van der Waals surface area contributed by atoms with Crippen LogP contribution in [-0.2, 0) is 9.59 Å². The highest BCUT2D eigenvalue weighted by Crippen LogP contribution is 2.45. The molecule has 0 radical (unpaired) electrons. The number of nitrogens with zero attached hydrogens (tertiary/aromatic N) is 1. The predicted octanol–water partition coefficient (Wildman–Crippen LogP) is 4.37. The molecule has 2 aliphatic carbocycles. The average Bonchev–Trinajstić information content (AvgIpc) is 3.20. The lowest BCUT2D eigenvalue weighted by atomic mass is 9.77. The topological polar surface area (TPSA) is 56.3 Å². The number of alkyl halides is 2. The molecule has 1 unspecified atom stereocenters. The molecule has 2 fully saturated rings. The highest BCUT2D eigenvalue weighted by atomic mass is 32.1. The highest BCUT2D eigenvalue weighted by Gasteiger charge is 2.48. The van der Waals surface area contributed by atoms with Crippen molar-refractivity contribution in [2.24, 2.45) is 11.8 Å². The van der Waals surface area contributed by atoms with Crippen molar-refractivity contribution in [2.45, 2.75) is 38.7 Å². The van der Waals surface area contributed by atoms with Gasteiger partial charge in [0.25, 0.3) is 0 Å². The van der Waals surface area contributed by atoms with E-state index in [1.54, 1.807) is 12.1 Å². The number of rotatable bonds is 4. The van der Waals surface area contributed by atoms with Crippen molar-refractivity contribution in [1.82, 2.24) is 4.98 Å². The lowest BCUT2D eigenvalue weighted by Crippen LogP contribution is -2.35. The number of benzene rings is 1. The van der Waals surface area contributed by atoms with Crippen molar-refractivity contribution in [3.05, 3.63) is 34.8 Å². The third-order valence-corrected chi connectivity index (χ3v) is 6.27. The standard InChI is InChI=1S/C19H17F2NO3S/c1-9-15(14-16(23)11-2-3-12(8-11)17(14)24)22-18(26-9)10-4-6-13(7-5-10)25-19(20)21/h4-7,11-12,14,19H,2-3,8H2,1H3/t11-,12+,14?. The molecular weight excluding hydrogens is 360 g/mol. The van der Waals surface area contributed by atoms with E-state index in [1.165, 1.54) is 23.5 Å². The van der Waals surface area contributed by atoms with E-state index in [2.05, 4.69) is 9.72 Å². The molecule has 7 heteroatoms. The summed E-state index contributed by atoms with van der Waals surface area (Å²) >= 11 is 1.40. The summed E-state index contributed by atoms with van der Waals surface area (Å²) in [6.07, 6.45) is 2.29. The zero-order valence-electron chi connectivity index (χ0n) is 14.1. The fourth-order valence-electron chi connectivity index (χ4n) is 3.96. The van der Waals surface area contributed by atoms with E-state index < -0.39 is 12.5 Å². The molecule has 0 saturated heterocycles. The number of hydrogen-bond acceptors (Lipinski definition) is 5. The minimum absolute atomic E-state index is 0.00406. The molecular formula is C19H17F2NO3S. The van der Waals surface area contributed by atoms with Crippen LogP contribution in [0.15, 0.2) is 24.3 Å². The number of ketones is 2. The molecule has 1 aromatic heterocycles. The number of ether oxygens (including phenoxy) is 1. The first-order valence-electron chi connectivity index (χ1n) is 8.54. The second-order valence-electron chi connectivity index (χ2n) is 6.81. The first kappa shape index (κ1) is 17.3. The van der Waals surface area contributed by atoms with Gasteiger partial charge >= 0.3 is 6.61 Å². The molecule has 2 aliphatic rings. The lowest BCUT2D eigenvalue weighted by Gasteiger charge is -2.24. The van der Waals surface area contributed by atoms with Crippen molar-refractivity contribution < 1.29 is 23.1 Å². The molecule has 2 saturated carbocycles. The first-order valence-corrected chi connectivity index (χ1v) is 9.35. The average molecular weight is 377 g/mol. The molecule has 1 heterocycles. The van der Waals surface area contributed by atoms with E-state index in [1.807, 2.05) is 6.92 Å². The van der Waals surface area contributed by atoms with Gasteiger partial charge < -0.3 is 4.74 Å². The molecule has 0 aliphatic heterocycles. The van der Waals surface area contributed by atoms with Crippen LogP contribution in [0.4, 0.5) is 8.78 Å². The van der Waals surface area contributed by atoms with Crippen LogP contribution < -0.4 is 4.74 Å². The van der Waals surface area contributed by atoms with Crippen LogP contribution in [-0.4, -0.2) is 23.2 Å². The maximum atomic E-state index is 12.7. The van der Waals surface area contributed by atoms with Gasteiger partial charge in [0, 0.05) is 22.3 Å². The molecule has 0 N–H and O–H groups in total. The number of hydrogen-bond donors (Lipinski definition) is 0. The number of carbonyl (C=O) groups is 2. The van der Waals surface area contributed by atoms with Crippen LogP contribution in [0, 0.1) is 18.8 Å². The van der Waals surface area contributed by atoms with E-state index in [9.17, 15) is 18.4 Å². The second kappa shape index (κ2) is 6.54. The molecule has 2 aromatic rings. The van der Waals surface area contributed by atoms with Crippen LogP contribution >= 0.6 is 11.3 Å². The summed E-state index contributed by atoms with van der Waals surface area (Å²) in [5.74, 6) is -0.691. The minimum atomic E-state index is -2.87. The van der Waals surface area contributed by atoms with Crippen molar-refractivity contribution in [2.75, 3.05) is 0 Å². The maximum absolute atomic E-state index is 12.7. The molecule has 0 amide bonds. The monoisotopic (exact) mass is 377 g/mol. The van der Waals surface area contributed by atoms with Gasteiger partial charge in [0.15, 0.2) is 11.6 Å². The highest BCUT2D eigenvalue weighted by molar-refractivity contribution is 7.15. The molecule has 4 rings (SSSR count). The van der Waals surface area contributed by atoms with Gasteiger partial charge in [-0.25, -0.2) is 4.98 Å². The van der Waals surface area contributed by atoms with E-state index in [0.717, 1.165) is 23.3 Å². The number of carbonyl (C=O) groups excluding carboxylic acids is 2. The number of Topliss-reactive ketones (excluding diaryl/α,β-unsaturated/α-hetero) is 2. The third kappa shape index (κ3) is 2.94. The Morgan fingerprint density at radius 2 is 1.73 bits per heavy atom. The molecule has 0 spiro atoms. The number of halogens is 2. The third-order valence-electron chi connectivity index (χ3n) is 5.24. The van der Waals surface area contributed by atoms with Gasteiger partial charge in [-0.1, -0.05) is 0 Å². The Kier molecular flexibility index (Phi) is 4.34. The normalized spacial score (nSPS) is 25.2. The Hall–Kier alpha value is -2.15. The maximum Gasteiger partial charge on any atom is 0.387 e. The summed E-state index contributed by atoms with van der Waals surface area (Å²) in [6, 6.07) is 6.20. The summed E-state index contributed by atoms with van der Waals surface area (Å²) in [5, 5.41) is 0.666. The second-order valence-corrected chi connectivity index (χ2v) is 8.01. The zero-order chi connectivity index (χ0) is 18.4. The van der Waals surface area contributed by atoms with Crippen LogP contribution in [0.25, 0.3) is 10.6 Å². The molecule has 3 atom stereocenters. The van der Waals surface area contributed by atoms with Gasteiger partial charge in [-0.05, 0) is 50.5 Å². The Bertz CT molecular complexity index is 840. The minimum Gasteiger partial charge on any atom is -0.435 e. The predicted molar refractivity (Wildman–Crippen MR) is 92.5 cm³/mol. The van der Waals surface area contributed by atoms with Gasteiger partial charge in [0.05, 0.1) is 5.69 Å². The van der Waals surface area contributed by atoms with E-state index in [-0.39, 0.29) is 29.2 Å². The van der Waals surface area contributed by atoms with Gasteiger partial charge in [0.1, 0.15) is 16.7 Å². The fraction of sp³-hybridized carbons (Fsp3) is 0.421. The zero-order valence-corrected chi connectivity index (χ0v) is 14.9. The van der Waals surface area contributed by atoms with E-state index in [4.69, 9.17) is 0 Å². The summed E-state index contributed by atoms with van der Waals surface area (Å²) in [5.41, 5.74) is 1.30. The van der Waals surface area contributed by atoms with Crippen LogP contribution in [0.3, 0.4) is 0 Å². The molecule has 26 heavy (non-hydrogen) atoms. The summed E-state index contributed by atoms with van der Waals surface area (Å²) < 4.78 is 28.9. The Morgan fingerprint density at radius 3 is 2.31 bits per heavy atom. The molecule has 2 bridgehead atoms. The van der Waals surface area contributed by atoms with E-state index in [0.29, 0.717) is 17.1 Å². The number of aryl methyl sites for hydroxylation is 1. The summed E-state index contributed by atoms with van der Waals surface area (Å²) in [6.45, 7) is -1.00. The van der Waals surface area contributed by atoms with Gasteiger partial charge in [-0.3, -0.25) is 9.59 Å². The van der Waals surface area contributed by atoms with Crippen LogP contribution in [0.2, 0.25) is 0 Å². The molecule has 4 nitrogen and oxygen atoms in total. The summed E-state index contributed by atoms with van der Waals surface area (Å²) in [7, 11) is 0. The number of thiazole rings is 1. The van der Waals surface area contributed by atoms with Gasteiger partial charge in [-0.15, -0.1) is 11.3 Å². The first-order chi connectivity index (χ1) is 12.4. The van der Waals surface area contributed by atoms with Crippen molar-refractivity contribution in [3.63, 3.8) is 0 Å². The summed E-state index contributed by atoms with van der Waals surface area (Å²) in [4.78, 5) is 30.8. The van der Waals surface area contributed by atoms with E-state index >= 15 is 0 Å². The number of fused-ring (bicyclic) bond motifs is 2. The van der Waals surface area contributed by atoms with Crippen LogP contribution in [0.1, 0.15) is 35.8 Å². The lowest BCUT2D eigenvalue weighted by molar-refractivity contribution is -0.136. The van der Waals surface area contributed by atoms with Crippen molar-refractivity contribution in [3.8, 4) is 16.3 Å². The number of aromatic nitrogens is 1. The smallest absolute Gasteiger partial charge is 0.387 e. The van der Waals surface area contributed by atoms with Gasteiger partial charge in [-0.2, -0.15) is 8.78 Å². The van der Waals surface area contributed by atoms with Gasteiger partial charge in [0.2, 0.25) is 0 Å². The van der Waals surface area contributed by atoms with Crippen LogP contribution in [0.5, 0.6) is 5.75 Å². The SMILES string of the molecule is Cc1sc(-c2ccc(OC(F)F)cc2)nc1C1C(=O)[C@@H]2CC[C@@H](C2)C1=O. The van der Waals surface area contributed by atoms with Crippen molar-refractivity contribution >= 4 is 22.9 Å². The quantitative estimate of drug-likeness (QED) is 0.743. The molecule has 136 valence electrons. The Morgan fingerprint density at radius 1 is 1.12 bits per heavy atom. The van der Waals surface area contributed by atoms with Crippen molar-refractivity contribution in [1.29, 1.82) is 0 Å². The fourth-order valence-corrected chi connectivity index (χ4v) is 4.91.